The molecular formula is C42H26N6OPt-2. The third kappa shape index (κ3) is 4.78. The van der Waals surface area contributed by atoms with Crippen molar-refractivity contribution in [2.24, 2.45) is 0 Å². The first-order valence-electron chi connectivity index (χ1n) is 16.1. The summed E-state index contributed by atoms with van der Waals surface area (Å²) in [6.07, 6.45) is 9.55. The first-order valence-corrected chi connectivity index (χ1v) is 16.1. The number of rotatable bonds is 6. The van der Waals surface area contributed by atoms with Crippen molar-refractivity contribution in [3.8, 4) is 34.5 Å². The molecule has 50 heavy (non-hydrogen) atoms. The molecule has 6 aromatic carbocycles. The van der Waals surface area contributed by atoms with Gasteiger partial charge in [0.25, 0.3) is 6.33 Å². The molecule has 4 aromatic heterocycles. The number of aromatic nitrogens is 6. The monoisotopic (exact) mass is 825 g/mol. The number of benzene rings is 6. The SMILES string of the molecule is [Pt].[c-]1c(Oc2[c-]c3c(cc2)c2ccccc2n3-c2ncc3n(-c4ccccc4)ccn23)cccc1-n1[c-][n+](-c2ccccc2)c2ccccc21. The quantitative estimate of drug-likeness (QED) is 0.125. The van der Waals surface area contributed by atoms with E-state index in [9.17, 15) is 0 Å². The van der Waals surface area contributed by atoms with Crippen LogP contribution in [0, 0.1) is 18.5 Å². The van der Waals surface area contributed by atoms with Crippen LogP contribution in [0.2, 0.25) is 0 Å². The van der Waals surface area contributed by atoms with Crippen LogP contribution in [0.15, 0.2) is 158 Å². The number of nitrogens with zero attached hydrogens (tertiary/aromatic N) is 6. The van der Waals surface area contributed by atoms with Crippen LogP contribution in [0.1, 0.15) is 0 Å². The largest absolute Gasteiger partial charge is 0.510 e. The summed E-state index contributed by atoms with van der Waals surface area (Å²) in [4.78, 5) is 4.92. The molecule has 7 nitrogen and oxygen atoms in total. The van der Waals surface area contributed by atoms with E-state index < -0.39 is 0 Å². The minimum Gasteiger partial charge on any atom is -0.510 e. The molecule has 0 bridgehead atoms. The van der Waals surface area contributed by atoms with Gasteiger partial charge in [0.1, 0.15) is 5.65 Å². The summed E-state index contributed by atoms with van der Waals surface area (Å²) < 4.78 is 17.0. The maximum atomic E-state index is 6.48. The first-order chi connectivity index (χ1) is 24.3. The summed E-state index contributed by atoms with van der Waals surface area (Å²) in [6, 6.07) is 54.2. The molecule has 0 aliphatic heterocycles. The van der Waals surface area contributed by atoms with Crippen molar-refractivity contribution in [2.75, 3.05) is 0 Å². The molecule has 0 saturated carbocycles. The Morgan fingerprint density at radius 2 is 1.36 bits per heavy atom. The molecule has 0 spiro atoms. The smallest absolute Gasteiger partial charge is 0.268 e. The van der Waals surface area contributed by atoms with Crippen molar-refractivity contribution in [3.05, 3.63) is 177 Å². The molecule has 242 valence electrons. The Morgan fingerprint density at radius 1 is 0.620 bits per heavy atom. The summed E-state index contributed by atoms with van der Waals surface area (Å²) in [5.74, 6) is 1.94. The summed E-state index contributed by atoms with van der Waals surface area (Å²) in [5, 5.41) is 2.19. The number of ether oxygens (including phenoxy) is 1. The second-order valence-corrected chi connectivity index (χ2v) is 11.8. The van der Waals surface area contributed by atoms with Gasteiger partial charge in [-0.15, -0.1) is 29.7 Å². The third-order valence-electron chi connectivity index (χ3n) is 8.95. The van der Waals surface area contributed by atoms with E-state index >= 15 is 0 Å². The van der Waals surface area contributed by atoms with Crippen molar-refractivity contribution in [2.45, 2.75) is 0 Å². The van der Waals surface area contributed by atoms with E-state index in [4.69, 9.17) is 9.72 Å². The second-order valence-electron chi connectivity index (χ2n) is 11.8. The van der Waals surface area contributed by atoms with Crippen LogP contribution in [0.25, 0.3) is 61.5 Å². The Hall–Kier alpha value is -6.17. The summed E-state index contributed by atoms with van der Waals surface area (Å²) in [5.41, 5.74) is 7.89. The number of para-hydroxylation sites is 5. The molecule has 10 rings (SSSR count). The van der Waals surface area contributed by atoms with Crippen LogP contribution in [0.4, 0.5) is 0 Å². The van der Waals surface area contributed by atoms with Crippen molar-refractivity contribution in [1.82, 2.24) is 23.1 Å². The van der Waals surface area contributed by atoms with Crippen molar-refractivity contribution < 1.29 is 30.4 Å². The van der Waals surface area contributed by atoms with Crippen molar-refractivity contribution >= 4 is 38.5 Å². The molecule has 10 aromatic rings. The molecular weight excluding hydrogens is 800 g/mol. The van der Waals surface area contributed by atoms with Crippen molar-refractivity contribution in [1.29, 1.82) is 0 Å². The summed E-state index contributed by atoms with van der Waals surface area (Å²) in [6.45, 7) is 0. The maximum absolute atomic E-state index is 6.48. The van der Waals surface area contributed by atoms with Gasteiger partial charge in [0.2, 0.25) is 5.95 Å². The van der Waals surface area contributed by atoms with E-state index in [1.807, 2.05) is 83.6 Å². The van der Waals surface area contributed by atoms with E-state index in [1.54, 1.807) is 0 Å². The van der Waals surface area contributed by atoms with E-state index in [1.165, 1.54) is 0 Å². The predicted octanol–water partition coefficient (Wildman–Crippen LogP) is 8.63. The fourth-order valence-electron chi connectivity index (χ4n) is 6.74. The Kier molecular flexibility index (Phi) is 7.22. The Morgan fingerprint density at radius 3 is 2.22 bits per heavy atom. The second kappa shape index (κ2) is 12.1. The molecule has 8 heteroatoms. The Bertz CT molecular complexity index is 2810. The topological polar surface area (TPSA) is 45.2 Å². The normalized spacial score (nSPS) is 11.4. The minimum atomic E-state index is 0. The molecule has 0 amide bonds. The third-order valence-corrected chi connectivity index (χ3v) is 8.95. The van der Waals surface area contributed by atoms with Gasteiger partial charge in [-0.1, -0.05) is 84.4 Å². The molecule has 0 atom stereocenters. The molecule has 0 saturated heterocycles. The van der Waals surface area contributed by atoms with Gasteiger partial charge in [-0.25, -0.2) is 4.98 Å². The zero-order valence-electron chi connectivity index (χ0n) is 26.4. The average Bonchev–Trinajstić information content (AvgIpc) is 3.93. The zero-order valence-corrected chi connectivity index (χ0v) is 28.7. The fraction of sp³-hybridized carbons (Fsp3) is 0. The number of hydrogen-bond donors (Lipinski definition) is 0. The van der Waals surface area contributed by atoms with Gasteiger partial charge >= 0.3 is 0 Å². The standard InChI is InChI=1S/C42H26N6O.Pt/c1-3-12-30(13-4-1)44-24-25-45-41(44)28-43-42(45)48-37-19-8-7-18-35(37)36-23-22-34(27-40(36)48)49-33-17-11-16-32(26-33)47-29-46(31-14-5-2-6-15-31)38-20-9-10-21-39(38)47;/h1-25,28H;/q-2;. The molecule has 0 radical (unpaired) electrons. The van der Waals surface area contributed by atoms with Crippen LogP contribution in [0.3, 0.4) is 0 Å². The van der Waals surface area contributed by atoms with Crippen LogP contribution < -0.4 is 9.30 Å². The van der Waals surface area contributed by atoms with Crippen LogP contribution >= 0.6 is 0 Å². The van der Waals surface area contributed by atoms with E-state index in [2.05, 4.69) is 116 Å². The van der Waals surface area contributed by atoms with Gasteiger partial charge in [0, 0.05) is 56.2 Å². The molecule has 0 aliphatic rings. The van der Waals surface area contributed by atoms with E-state index in [0.29, 0.717) is 11.5 Å². The van der Waals surface area contributed by atoms with Gasteiger partial charge in [-0.2, -0.15) is 18.2 Å². The van der Waals surface area contributed by atoms with Crippen LogP contribution in [-0.2, 0) is 21.1 Å². The molecule has 0 N–H and O–H groups in total. The zero-order chi connectivity index (χ0) is 32.3. The number of imidazole rings is 3. The number of fused-ring (bicyclic) bond motifs is 5. The van der Waals surface area contributed by atoms with Crippen LogP contribution in [-0.4, -0.2) is 23.1 Å². The van der Waals surface area contributed by atoms with E-state index in [-0.39, 0.29) is 21.1 Å². The first kappa shape index (κ1) is 29.9. The van der Waals surface area contributed by atoms with Gasteiger partial charge in [0.05, 0.1) is 22.9 Å². The number of hydrogen-bond acceptors (Lipinski definition) is 2. The Labute approximate surface area is 301 Å². The molecule has 4 heterocycles. The fourth-order valence-corrected chi connectivity index (χ4v) is 6.74. The van der Waals surface area contributed by atoms with Gasteiger partial charge in [-0.05, 0) is 41.4 Å². The molecule has 0 aliphatic carbocycles. The average molecular weight is 826 g/mol. The van der Waals surface area contributed by atoms with E-state index in [0.717, 1.165) is 61.5 Å². The molecule has 0 fully saturated rings. The van der Waals surface area contributed by atoms with Gasteiger partial charge < -0.3 is 18.4 Å². The predicted molar refractivity (Wildman–Crippen MR) is 190 cm³/mol. The van der Waals surface area contributed by atoms with Gasteiger partial charge in [-0.3, -0.25) is 8.97 Å². The maximum Gasteiger partial charge on any atom is 0.268 e. The summed E-state index contributed by atoms with van der Waals surface area (Å²) >= 11 is 0. The minimum absolute atomic E-state index is 0. The summed E-state index contributed by atoms with van der Waals surface area (Å²) in [7, 11) is 0. The van der Waals surface area contributed by atoms with Crippen molar-refractivity contribution in [3.63, 3.8) is 0 Å². The van der Waals surface area contributed by atoms with Crippen LogP contribution in [0.5, 0.6) is 11.5 Å². The Balaban J connectivity index is 0.00000336. The van der Waals surface area contributed by atoms with Gasteiger partial charge in [0.15, 0.2) is 0 Å². The molecule has 0 unspecified atom stereocenters.